The van der Waals surface area contributed by atoms with Crippen molar-refractivity contribution in [2.45, 2.75) is 39.5 Å². The summed E-state index contributed by atoms with van der Waals surface area (Å²) in [5, 5.41) is 7.05. The molecule has 0 saturated carbocycles. The van der Waals surface area contributed by atoms with E-state index in [1.54, 1.807) is 0 Å². The largest absolute Gasteiger partial charge is 0.354 e. The number of para-hydroxylation sites is 1. The van der Waals surface area contributed by atoms with Gasteiger partial charge in [0.25, 0.3) is 0 Å². The van der Waals surface area contributed by atoms with Gasteiger partial charge >= 0.3 is 6.03 Å². The minimum atomic E-state index is -0.465. The van der Waals surface area contributed by atoms with E-state index in [2.05, 4.69) is 51.0 Å². The number of hydrogen-bond donors (Lipinski definition) is 2. The standard InChI is InChI=1S/C20H22FN3O2S/c1-11(2)14-6-5-7-15(12(3)4)18(14)24(27)20(25)22-19-16-9-8-13(21)10-17(16)26-23-19/h5-12,27H,1-4H3,(H,22,23,25). The Morgan fingerprint density at radius 3 is 2.37 bits per heavy atom. The van der Waals surface area contributed by atoms with E-state index < -0.39 is 11.8 Å². The highest BCUT2D eigenvalue weighted by Crippen LogP contribution is 2.36. The summed E-state index contributed by atoms with van der Waals surface area (Å²) in [6.07, 6.45) is 0. The van der Waals surface area contributed by atoms with Crippen LogP contribution < -0.4 is 9.62 Å². The van der Waals surface area contributed by atoms with E-state index in [9.17, 15) is 9.18 Å². The van der Waals surface area contributed by atoms with Gasteiger partial charge in [-0.05, 0) is 35.1 Å². The fraction of sp³-hybridized carbons (Fsp3) is 0.300. The smallest absolute Gasteiger partial charge is 0.337 e. The van der Waals surface area contributed by atoms with E-state index in [1.807, 2.05) is 18.2 Å². The van der Waals surface area contributed by atoms with E-state index in [0.717, 1.165) is 16.8 Å². The van der Waals surface area contributed by atoms with Gasteiger partial charge in [0.15, 0.2) is 11.4 Å². The van der Waals surface area contributed by atoms with Gasteiger partial charge in [0.1, 0.15) is 5.82 Å². The Morgan fingerprint density at radius 2 is 1.78 bits per heavy atom. The number of amides is 2. The second-order valence-corrected chi connectivity index (χ2v) is 7.41. The number of benzene rings is 2. The normalized spacial score (nSPS) is 11.4. The van der Waals surface area contributed by atoms with E-state index in [-0.39, 0.29) is 23.2 Å². The number of fused-ring (bicyclic) bond motifs is 1. The quantitative estimate of drug-likeness (QED) is 0.532. The third-order valence-corrected chi connectivity index (χ3v) is 4.79. The Balaban J connectivity index is 1.95. The molecule has 0 unspecified atom stereocenters. The molecule has 1 heterocycles. The summed E-state index contributed by atoms with van der Waals surface area (Å²) in [6, 6.07) is 9.55. The number of halogens is 1. The van der Waals surface area contributed by atoms with Gasteiger partial charge in [-0.25, -0.2) is 13.5 Å². The predicted octanol–water partition coefficient (Wildman–Crippen LogP) is 6.10. The minimum absolute atomic E-state index is 0.219. The summed E-state index contributed by atoms with van der Waals surface area (Å²) in [5.41, 5.74) is 3.08. The Kier molecular flexibility index (Phi) is 5.41. The molecule has 2 aromatic carbocycles. The number of aromatic nitrogens is 1. The lowest BCUT2D eigenvalue weighted by Gasteiger charge is -2.25. The predicted molar refractivity (Wildman–Crippen MR) is 109 cm³/mol. The highest BCUT2D eigenvalue weighted by molar-refractivity contribution is 7.82. The average Bonchev–Trinajstić information content (AvgIpc) is 3.01. The molecule has 0 fully saturated rings. The van der Waals surface area contributed by atoms with Crippen molar-refractivity contribution >= 4 is 41.3 Å². The van der Waals surface area contributed by atoms with Crippen LogP contribution in [-0.2, 0) is 0 Å². The second-order valence-electron chi connectivity index (χ2n) is 7.01. The zero-order valence-corrected chi connectivity index (χ0v) is 16.5. The topological polar surface area (TPSA) is 58.4 Å². The fourth-order valence-corrected chi connectivity index (χ4v) is 3.29. The molecule has 2 amide bonds. The molecule has 0 spiro atoms. The van der Waals surface area contributed by atoms with Crippen LogP contribution in [0.15, 0.2) is 40.9 Å². The van der Waals surface area contributed by atoms with Crippen LogP contribution in [0.2, 0.25) is 0 Å². The number of nitrogens with one attached hydrogen (secondary N) is 1. The van der Waals surface area contributed by atoms with Crippen LogP contribution in [0.25, 0.3) is 11.0 Å². The van der Waals surface area contributed by atoms with E-state index in [4.69, 9.17) is 4.52 Å². The molecular weight excluding hydrogens is 365 g/mol. The maximum atomic E-state index is 13.3. The SMILES string of the molecule is CC(C)c1cccc(C(C)C)c1N(S)C(=O)Nc1noc2cc(F)ccc12. The molecule has 0 saturated heterocycles. The first kappa shape index (κ1) is 19.2. The van der Waals surface area contributed by atoms with Gasteiger partial charge in [-0.2, -0.15) is 0 Å². The molecule has 0 bridgehead atoms. The number of thiol groups is 1. The van der Waals surface area contributed by atoms with Gasteiger partial charge < -0.3 is 4.52 Å². The summed E-state index contributed by atoms with van der Waals surface area (Å²) in [6.45, 7) is 8.29. The van der Waals surface area contributed by atoms with Crippen molar-refractivity contribution in [2.24, 2.45) is 0 Å². The molecule has 1 N–H and O–H groups in total. The highest BCUT2D eigenvalue weighted by atomic mass is 32.1. The molecule has 5 nitrogen and oxygen atoms in total. The lowest BCUT2D eigenvalue weighted by atomic mass is 9.92. The van der Waals surface area contributed by atoms with Crippen LogP contribution in [0.1, 0.15) is 50.7 Å². The van der Waals surface area contributed by atoms with Crippen molar-refractivity contribution < 1.29 is 13.7 Å². The first-order valence-electron chi connectivity index (χ1n) is 8.77. The molecule has 0 aliphatic rings. The molecule has 1 aromatic heterocycles. The molecule has 3 rings (SSSR count). The lowest BCUT2D eigenvalue weighted by Crippen LogP contribution is -2.29. The fourth-order valence-electron chi connectivity index (χ4n) is 3.01. The number of hydrogen-bond acceptors (Lipinski definition) is 4. The van der Waals surface area contributed by atoms with Gasteiger partial charge in [0.05, 0.1) is 11.1 Å². The molecule has 0 atom stereocenters. The van der Waals surface area contributed by atoms with Crippen LogP contribution in [0.5, 0.6) is 0 Å². The summed E-state index contributed by atoms with van der Waals surface area (Å²) in [7, 11) is 0. The molecular formula is C20H22FN3O2S. The van der Waals surface area contributed by atoms with Crippen molar-refractivity contribution in [1.29, 1.82) is 0 Å². The van der Waals surface area contributed by atoms with E-state index >= 15 is 0 Å². The Labute approximate surface area is 163 Å². The van der Waals surface area contributed by atoms with Crippen molar-refractivity contribution in [3.63, 3.8) is 0 Å². The Morgan fingerprint density at radius 1 is 1.15 bits per heavy atom. The summed E-state index contributed by atoms with van der Waals surface area (Å²) in [5.74, 6) is 0.232. The van der Waals surface area contributed by atoms with Gasteiger partial charge in [0, 0.05) is 6.07 Å². The molecule has 142 valence electrons. The number of anilines is 2. The second kappa shape index (κ2) is 7.60. The first-order valence-corrected chi connectivity index (χ1v) is 9.17. The molecule has 27 heavy (non-hydrogen) atoms. The highest BCUT2D eigenvalue weighted by Gasteiger charge is 2.23. The number of carbonyl (C=O) groups is 1. The summed E-state index contributed by atoms with van der Waals surface area (Å²) < 4.78 is 19.7. The minimum Gasteiger partial charge on any atom is -0.354 e. The number of urea groups is 1. The molecule has 0 aliphatic heterocycles. The zero-order valence-electron chi connectivity index (χ0n) is 15.7. The third kappa shape index (κ3) is 3.78. The van der Waals surface area contributed by atoms with Crippen LogP contribution >= 0.6 is 12.8 Å². The van der Waals surface area contributed by atoms with Crippen LogP contribution in [0.3, 0.4) is 0 Å². The summed E-state index contributed by atoms with van der Waals surface area (Å²) in [4.78, 5) is 12.9. The van der Waals surface area contributed by atoms with Gasteiger partial charge in [-0.15, -0.1) is 0 Å². The number of carbonyl (C=O) groups excluding carboxylic acids is 1. The van der Waals surface area contributed by atoms with Crippen LogP contribution in [-0.4, -0.2) is 11.2 Å². The molecule has 0 radical (unpaired) electrons. The van der Waals surface area contributed by atoms with Crippen LogP contribution in [0.4, 0.5) is 20.7 Å². The van der Waals surface area contributed by atoms with Crippen molar-refractivity contribution in [2.75, 3.05) is 9.62 Å². The maximum absolute atomic E-state index is 13.3. The van der Waals surface area contributed by atoms with Crippen molar-refractivity contribution in [3.05, 3.63) is 53.3 Å². The van der Waals surface area contributed by atoms with E-state index in [0.29, 0.717) is 5.39 Å². The van der Waals surface area contributed by atoms with Gasteiger partial charge in [-0.1, -0.05) is 63.9 Å². The number of nitrogens with zero attached hydrogens (tertiary/aromatic N) is 2. The van der Waals surface area contributed by atoms with Gasteiger partial charge in [0.2, 0.25) is 0 Å². The molecule has 3 aromatic rings. The zero-order chi connectivity index (χ0) is 19.7. The Bertz CT molecular complexity index is 958. The average molecular weight is 387 g/mol. The number of rotatable bonds is 4. The monoisotopic (exact) mass is 387 g/mol. The van der Waals surface area contributed by atoms with Gasteiger partial charge in [-0.3, -0.25) is 5.32 Å². The Hall–Kier alpha value is -2.54. The summed E-state index contributed by atoms with van der Waals surface area (Å²) >= 11 is 4.47. The van der Waals surface area contributed by atoms with Crippen LogP contribution in [0, 0.1) is 5.82 Å². The molecule has 0 aliphatic carbocycles. The van der Waals surface area contributed by atoms with E-state index in [1.165, 1.54) is 22.5 Å². The maximum Gasteiger partial charge on any atom is 0.337 e. The van der Waals surface area contributed by atoms with Crippen molar-refractivity contribution in [3.8, 4) is 0 Å². The lowest BCUT2D eigenvalue weighted by molar-refractivity contribution is 0.260. The first-order chi connectivity index (χ1) is 12.8. The van der Waals surface area contributed by atoms with Crippen molar-refractivity contribution in [1.82, 2.24) is 5.16 Å². The third-order valence-electron chi connectivity index (χ3n) is 4.41. The molecule has 7 heteroatoms.